The minimum Gasteiger partial charge on any atom is -0.485 e. The fraction of sp³-hybridized carbons (Fsp3) is 0.378. The Bertz CT molecular complexity index is 2890. The number of amides is 3. The molecule has 0 saturated carbocycles. The van der Waals surface area contributed by atoms with Crippen LogP contribution in [0.4, 0.5) is 29.3 Å². The highest BCUT2D eigenvalue weighted by Crippen LogP contribution is 2.36. The number of fused-ring (bicyclic) bond motifs is 2. The zero-order chi connectivity index (χ0) is 47.1. The summed E-state index contributed by atoms with van der Waals surface area (Å²) in [4.78, 5) is 75.7. The van der Waals surface area contributed by atoms with Crippen LogP contribution in [0.1, 0.15) is 71.1 Å². The summed E-state index contributed by atoms with van der Waals surface area (Å²) in [5.74, 6) is -0.459. The predicted octanol–water partition coefficient (Wildman–Crippen LogP) is 7.43. The highest BCUT2D eigenvalue weighted by Gasteiger charge is 2.34. The number of piperazine rings is 1. The first-order valence-electron chi connectivity index (χ1n) is 21.2. The third kappa shape index (κ3) is 9.69. The van der Waals surface area contributed by atoms with Crippen molar-refractivity contribution in [1.29, 1.82) is 0 Å². The number of hydrogen-bond acceptors (Lipinski definition) is 12. The Morgan fingerprint density at radius 3 is 2.38 bits per heavy atom. The Hall–Kier alpha value is -6.54. The van der Waals surface area contributed by atoms with Gasteiger partial charge >= 0.3 is 12.3 Å². The number of halogens is 4. The van der Waals surface area contributed by atoms with Crippen molar-refractivity contribution in [3.8, 4) is 16.5 Å². The molecule has 0 spiro atoms. The van der Waals surface area contributed by atoms with Gasteiger partial charge in [0.05, 0.1) is 39.1 Å². The van der Waals surface area contributed by atoms with E-state index in [9.17, 15) is 32.3 Å². The van der Waals surface area contributed by atoms with Gasteiger partial charge in [0.2, 0.25) is 11.7 Å². The molecule has 346 valence electrons. The molecular weight excluding hydrogens is 901 g/mol. The third-order valence-electron chi connectivity index (χ3n) is 11.1. The Labute approximate surface area is 385 Å². The van der Waals surface area contributed by atoms with E-state index in [0.717, 1.165) is 38.7 Å². The molecule has 6 heterocycles. The molecule has 0 bridgehead atoms. The van der Waals surface area contributed by atoms with E-state index in [-0.39, 0.29) is 84.6 Å². The second-order valence-corrected chi connectivity index (χ2v) is 18.4. The van der Waals surface area contributed by atoms with Crippen LogP contribution in [-0.2, 0) is 48.2 Å². The van der Waals surface area contributed by atoms with Gasteiger partial charge in [-0.15, -0.1) is 16.4 Å². The van der Waals surface area contributed by atoms with Crippen molar-refractivity contribution in [3.05, 3.63) is 115 Å². The van der Waals surface area contributed by atoms with E-state index >= 15 is 0 Å². The molecule has 2 aromatic carbocycles. The predicted molar refractivity (Wildman–Crippen MR) is 241 cm³/mol. The number of ether oxygens (including phenoxy) is 2. The van der Waals surface area contributed by atoms with Crippen LogP contribution in [0.2, 0.25) is 5.02 Å². The van der Waals surface area contributed by atoms with Gasteiger partial charge in [0.15, 0.2) is 17.3 Å². The number of rotatable bonds is 10. The number of alkyl halides is 3. The molecule has 21 heteroatoms. The molecule has 0 radical (unpaired) electrons. The highest BCUT2D eigenvalue weighted by molar-refractivity contribution is 7.15. The molecule has 66 heavy (non-hydrogen) atoms. The Morgan fingerprint density at radius 2 is 1.70 bits per heavy atom. The number of anilines is 2. The minimum atomic E-state index is -4.64. The van der Waals surface area contributed by atoms with Gasteiger partial charge in [-0.05, 0) is 75.9 Å². The number of carbonyl (C=O) groups excluding carboxylic acids is 3. The quantitative estimate of drug-likeness (QED) is 0.145. The largest absolute Gasteiger partial charge is 0.485 e. The summed E-state index contributed by atoms with van der Waals surface area (Å²) in [5.41, 5.74) is 0.946. The van der Waals surface area contributed by atoms with Gasteiger partial charge in [-0.1, -0.05) is 48.9 Å². The van der Waals surface area contributed by atoms with Crippen LogP contribution < -0.4 is 20.5 Å². The van der Waals surface area contributed by atoms with Crippen molar-refractivity contribution < 1.29 is 37.0 Å². The average Bonchev–Trinajstić information content (AvgIpc) is 3.92. The monoisotopic (exact) mass is 946 g/mol. The van der Waals surface area contributed by atoms with Crippen LogP contribution in [0.15, 0.2) is 65.7 Å². The summed E-state index contributed by atoms with van der Waals surface area (Å²) in [5, 5.41) is 7.00. The summed E-state index contributed by atoms with van der Waals surface area (Å²) < 4.78 is 54.6. The van der Waals surface area contributed by atoms with Crippen molar-refractivity contribution in [2.75, 3.05) is 42.9 Å². The summed E-state index contributed by atoms with van der Waals surface area (Å²) in [6.45, 7) is 10.4. The first kappa shape index (κ1) is 46.0. The molecule has 0 atom stereocenters. The molecule has 16 nitrogen and oxygen atoms in total. The first-order valence-corrected chi connectivity index (χ1v) is 22.4. The molecule has 3 amide bonds. The summed E-state index contributed by atoms with van der Waals surface area (Å²) in [6, 6.07) is 14.0. The Morgan fingerprint density at radius 1 is 0.955 bits per heavy atom. The highest BCUT2D eigenvalue weighted by atomic mass is 35.5. The summed E-state index contributed by atoms with van der Waals surface area (Å²) >= 11 is 7.66. The maximum absolute atomic E-state index is 14.7. The number of aryl methyl sites for hydroxylation is 1. The lowest BCUT2D eigenvalue weighted by molar-refractivity contribution is -0.137. The molecule has 2 aliphatic rings. The smallest absolute Gasteiger partial charge is 0.416 e. The average molecular weight is 947 g/mol. The molecule has 1 N–H and O–H groups in total. The number of benzene rings is 2. The fourth-order valence-electron chi connectivity index (χ4n) is 7.89. The van der Waals surface area contributed by atoms with Crippen molar-refractivity contribution in [2.45, 2.75) is 78.9 Å². The second kappa shape index (κ2) is 18.4. The van der Waals surface area contributed by atoms with E-state index in [2.05, 4.69) is 15.3 Å². The van der Waals surface area contributed by atoms with Crippen LogP contribution in [0.5, 0.6) is 5.75 Å². The lowest BCUT2D eigenvalue weighted by Crippen LogP contribution is -2.51. The summed E-state index contributed by atoms with van der Waals surface area (Å²) in [7, 11) is 0. The Kier molecular flexibility index (Phi) is 12.8. The first-order chi connectivity index (χ1) is 31.4. The van der Waals surface area contributed by atoms with Gasteiger partial charge in [-0.25, -0.2) is 14.8 Å². The number of carbonyl (C=O) groups is 3. The van der Waals surface area contributed by atoms with Crippen molar-refractivity contribution in [1.82, 2.24) is 38.9 Å². The molecule has 2 aliphatic heterocycles. The number of nitrogens with one attached hydrogen (secondary N) is 1. The van der Waals surface area contributed by atoms with Crippen molar-refractivity contribution in [3.63, 3.8) is 0 Å². The number of aromatic nitrogens is 6. The number of thiophene rings is 1. The SMILES string of the molecule is CCc1c(N2CCN(C(=O)c3ncnc(C)c3OCc3ccccc3)CC2)c(=O)n2nc(-c3cc4c(s3)CCN(C(=O)OC(C)(C)C)C4)nc2n1CC(=O)Nc1ccc(C(F)(F)F)cc1Cl. The molecule has 1 saturated heterocycles. The van der Waals surface area contributed by atoms with Gasteiger partial charge in [0.25, 0.3) is 11.5 Å². The molecule has 0 aliphatic carbocycles. The van der Waals surface area contributed by atoms with Crippen LogP contribution >= 0.6 is 22.9 Å². The van der Waals surface area contributed by atoms with Gasteiger partial charge in [-0.3, -0.25) is 14.4 Å². The van der Waals surface area contributed by atoms with E-state index < -0.39 is 41.4 Å². The van der Waals surface area contributed by atoms with Gasteiger partial charge in [-0.2, -0.15) is 22.7 Å². The van der Waals surface area contributed by atoms with E-state index in [1.807, 2.05) is 48.2 Å². The third-order valence-corrected chi connectivity index (χ3v) is 12.6. The molecule has 1 fully saturated rings. The molecule has 0 unspecified atom stereocenters. The standard InChI is InChI=1S/C45H46ClF3N10O6S/c1-6-32-37(55-16-18-56(19-17-55)40(61)36-38(26(2)50-25-51-36)64-24-27-10-8-7-9-11-27)41(62)59-42(58(32)23-35(60)52-31-13-12-29(21-30(31)46)45(47,48)49)53-39(54-59)34-20-28-22-57(15-14-33(28)66-34)43(63)65-44(3,4)5/h7-13,20-21,25H,6,14-19,22-24H2,1-5H3,(H,52,60). The molecule has 4 aromatic heterocycles. The minimum absolute atomic E-state index is 0.0370. The molecular formula is C45H46ClF3N10O6S. The maximum Gasteiger partial charge on any atom is 0.416 e. The summed E-state index contributed by atoms with van der Waals surface area (Å²) in [6.07, 6.45) is -2.92. The van der Waals surface area contributed by atoms with E-state index in [1.54, 1.807) is 42.1 Å². The van der Waals surface area contributed by atoms with Crippen LogP contribution in [0, 0.1) is 6.92 Å². The van der Waals surface area contributed by atoms with Crippen LogP contribution in [0.25, 0.3) is 16.5 Å². The van der Waals surface area contributed by atoms with Gasteiger partial charge < -0.3 is 34.1 Å². The normalized spacial score (nSPS) is 14.3. The topological polar surface area (TPSA) is 169 Å². The van der Waals surface area contributed by atoms with Crippen molar-refractivity contribution in [2.24, 2.45) is 0 Å². The van der Waals surface area contributed by atoms with E-state index in [0.29, 0.717) is 35.8 Å². The zero-order valence-electron chi connectivity index (χ0n) is 36.7. The van der Waals surface area contributed by atoms with E-state index in [4.69, 9.17) is 31.2 Å². The lowest BCUT2D eigenvalue weighted by Gasteiger charge is -2.36. The number of nitrogens with zero attached hydrogens (tertiary/aromatic N) is 9. The van der Waals surface area contributed by atoms with Gasteiger partial charge in [0.1, 0.15) is 30.8 Å². The second-order valence-electron chi connectivity index (χ2n) is 16.8. The fourth-order valence-corrected chi connectivity index (χ4v) is 9.21. The van der Waals surface area contributed by atoms with E-state index in [1.165, 1.54) is 17.7 Å². The molecule has 8 rings (SSSR count). The lowest BCUT2D eigenvalue weighted by atomic mass is 10.1. The van der Waals surface area contributed by atoms with Crippen LogP contribution in [-0.4, -0.2) is 95.2 Å². The maximum atomic E-state index is 14.7. The molecule has 6 aromatic rings. The van der Waals surface area contributed by atoms with Crippen molar-refractivity contribution >= 4 is 58.0 Å². The zero-order valence-corrected chi connectivity index (χ0v) is 38.3. The Balaban J connectivity index is 1.11. The van der Waals surface area contributed by atoms with Crippen LogP contribution in [0.3, 0.4) is 0 Å². The van der Waals surface area contributed by atoms with Gasteiger partial charge in [0, 0.05) is 37.6 Å². The number of hydrogen-bond donors (Lipinski definition) is 1.